The number of benzene rings is 1. The number of hydrogen-bond acceptors (Lipinski definition) is 4. The second kappa shape index (κ2) is 4.85. The maximum absolute atomic E-state index is 13.5. The van der Waals surface area contributed by atoms with Gasteiger partial charge in [0.05, 0.1) is 11.9 Å². The SMILES string of the molecule is Cc1ccc(NS(=O)(=O)c2cc(N)ccc2F)cn1. The highest BCUT2D eigenvalue weighted by Crippen LogP contribution is 2.20. The molecule has 0 aliphatic carbocycles. The van der Waals surface area contributed by atoms with Gasteiger partial charge in [0.15, 0.2) is 0 Å². The number of hydrogen-bond donors (Lipinski definition) is 2. The number of aryl methyl sites for hydroxylation is 1. The predicted molar refractivity (Wildman–Crippen MR) is 70.6 cm³/mol. The number of nitrogens with two attached hydrogens (primary N) is 1. The fourth-order valence-corrected chi connectivity index (χ4v) is 2.62. The first-order valence-corrected chi connectivity index (χ1v) is 6.87. The van der Waals surface area contributed by atoms with E-state index in [0.29, 0.717) is 0 Å². The van der Waals surface area contributed by atoms with E-state index in [1.54, 1.807) is 19.1 Å². The summed E-state index contributed by atoms with van der Waals surface area (Å²) in [7, 11) is -4.02. The average molecular weight is 281 g/mol. The molecule has 1 aromatic carbocycles. The molecular formula is C12H12FN3O2S. The fourth-order valence-electron chi connectivity index (χ4n) is 1.46. The summed E-state index contributed by atoms with van der Waals surface area (Å²) >= 11 is 0. The highest BCUT2D eigenvalue weighted by Gasteiger charge is 2.19. The predicted octanol–water partition coefficient (Wildman–Crippen LogP) is 1.91. The van der Waals surface area contributed by atoms with Gasteiger partial charge < -0.3 is 5.73 Å². The number of halogens is 1. The Hall–Kier alpha value is -2.15. The molecule has 0 aliphatic rings. The van der Waals surface area contributed by atoms with E-state index in [2.05, 4.69) is 9.71 Å². The zero-order chi connectivity index (χ0) is 14.0. The second-order valence-electron chi connectivity index (χ2n) is 3.98. The first-order valence-electron chi connectivity index (χ1n) is 5.39. The standard InChI is InChI=1S/C12H12FN3O2S/c1-8-2-4-10(7-15-8)16-19(17,18)12-6-9(14)3-5-11(12)13/h2-7,16H,14H2,1H3. The maximum atomic E-state index is 13.5. The summed E-state index contributed by atoms with van der Waals surface area (Å²) in [6.07, 6.45) is 1.36. The molecule has 1 heterocycles. The molecule has 0 unspecified atom stereocenters. The monoisotopic (exact) mass is 281 g/mol. The van der Waals surface area contributed by atoms with Crippen LogP contribution in [0.1, 0.15) is 5.69 Å². The van der Waals surface area contributed by atoms with Crippen LogP contribution in [-0.2, 0) is 10.0 Å². The summed E-state index contributed by atoms with van der Waals surface area (Å²) in [5, 5.41) is 0. The lowest BCUT2D eigenvalue weighted by Gasteiger charge is -2.09. The van der Waals surface area contributed by atoms with Crippen LogP contribution in [0.3, 0.4) is 0 Å². The van der Waals surface area contributed by atoms with E-state index >= 15 is 0 Å². The molecule has 3 N–H and O–H groups in total. The summed E-state index contributed by atoms with van der Waals surface area (Å²) in [5.74, 6) is -0.859. The maximum Gasteiger partial charge on any atom is 0.264 e. The number of nitrogens with one attached hydrogen (secondary N) is 1. The Morgan fingerprint density at radius 3 is 2.63 bits per heavy atom. The van der Waals surface area contributed by atoms with Crippen LogP contribution < -0.4 is 10.5 Å². The van der Waals surface area contributed by atoms with Crippen molar-refractivity contribution in [3.05, 3.63) is 48.0 Å². The van der Waals surface area contributed by atoms with Gasteiger partial charge in [-0.05, 0) is 37.3 Å². The van der Waals surface area contributed by atoms with Crippen LogP contribution in [0.4, 0.5) is 15.8 Å². The minimum absolute atomic E-state index is 0.170. The Labute approximate surface area is 110 Å². The third-order valence-electron chi connectivity index (χ3n) is 2.41. The molecule has 1 aromatic heterocycles. The van der Waals surface area contributed by atoms with Gasteiger partial charge in [-0.1, -0.05) is 0 Å². The fraction of sp³-hybridized carbons (Fsp3) is 0.0833. The quantitative estimate of drug-likeness (QED) is 0.842. The number of anilines is 2. The molecule has 0 saturated carbocycles. The molecule has 19 heavy (non-hydrogen) atoms. The van der Waals surface area contributed by atoms with Crippen molar-refractivity contribution in [3.8, 4) is 0 Å². The van der Waals surface area contributed by atoms with Gasteiger partial charge in [-0.25, -0.2) is 12.8 Å². The first kappa shape index (κ1) is 13.3. The molecule has 0 bridgehead atoms. The number of rotatable bonds is 3. The van der Waals surface area contributed by atoms with E-state index in [-0.39, 0.29) is 11.4 Å². The lowest BCUT2D eigenvalue weighted by molar-refractivity contribution is 0.570. The van der Waals surface area contributed by atoms with E-state index < -0.39 is 20.7 Å². The van der Waals surface area contributed by atoms with Crippen molar-refractivity contribution in [1.82, 2.24) is 4.98 Å². The highest BCUT2D eigenvalue weighted by atomic mass is 32.2. The molecule has 7 heteroatoms. The van der Waals surface area contributed by atoms with Crippen molar-refractivity contribution >= 4 is 21.4 Å². The summed E-state index contributed by atoms with van der Waals surface area (Å²) in [6, 6.07) is 6.57. The van der Waals surface area contributed by atoms with E-state index in [1.807, 2.05) is 0 Å². The van der Waals surface area contributed by atoms with Gasteiger partial charge in [-0.2, -0.15) is 0 Å². The molecule has 0 fully saturated rings. The Morgan fingerprint density at radius 1 is 1.26 bits per heavy atom. The summed E-state index contributed by atoms with van der Waals surface area (Å²) in [6.45, 7) is 1.77. The van der Waals surface area contributed by atoms with Crippen molar-refractivity contribution in [2.24, 2.45) is 0 Å². The number of sulfonamides is 1. The summed E-state index contributed by atoms with van der Waals surface area (Å²) in [4.78, 5) is 3.46. The normalized spacial score (nSPS) is 11.3. The van der Waals surface area contributed by atoms with Gasteiger partial charge in [0, 0.05) is 11.4 Å². The van der Waals surface area contributed by atoms with Crippen molar-refractivity contribution in [2.45, 2.75) is 11.8 Å². The molecule has 0 saturated heterocycles. The van der Waals surface area contributed by atoms with Gasteiger partial charge in [0.1, 0.15) is 10.7 Å². The Morgan fingerprint density at radius 2 is 2.00 bits per heavy atom. The minimum atomic E-state index is -4.02. The van der Waals surface area contributed by atoms with Crippen LogP contribution in [0.15, 0.2) is 41.4 Å². The third-order valence-corrected chi connectivity index (χ3v) is 3.80. The van der Waals surface area contributed by atoms with Gasteiger partial charge in [0.2, 0.25) is 0 Å². The van der Waals surface area contributed by atoms with E-state index in [0.717, 1.165) is 17.8 Å². The van der Waals surface area contributed by atoms with Gasteiger partial charge >= 0.3 is 0 Å². The lowest BCUT2D eigenvalue weighted by Crippen LogP contribution is -2.15. The Balaban J connectivity index is 2.37. The lowest BCUT2D eigenvalue weighted by atomic mass is 10.3. The molecule has 5 nitrogen and oxygen atoms in total. The minimum Gasteiger partial charge on any atom is -0.399 e. The smallest absolute Gasteiger partial charge is 0.264 e. The van der Waals surface area contributed by atoms with Gasteiger partial charge in [-0.15, -0.1) is 0 Å². The molecule has 0 atom stereocenters. The third kappa shape index (κ3) is 3.00. The average Bonchev–Trinajstić information content (AvgIpc) is 2.35. The summed E-state index contributed by atoms with van der Waals surface area (Å²) in [5.41, 5.74) is 6.64. The molecule has 0 spiro atoms. The largest absolute Gasteiger partial charge is 0.399 e. The zero-order valence-corrected chi connectivity index (χ0v) is 10.9. The number of pyridine rings is 1. The Kier molecular flexibility index (Phi) is 3.39. The van der Waals surface area contributed by atoms with Crippen LogP contribution in [0.2, 0.25) is 0 Å². The van der Waals surface area contributed by atoms with Crippen LogP contribution >= 0.6 is 0 Å². The van der Waals surface area contributed by atoms with E-state index in [4.69, 9.17) is 5.73 Å². The van der Waals surface area contributed by atoms with Gasteiger partial charge in [-0.3, -0.25) is 9.71 Å². The highest BCUT2D eigenvalue weighted by molar-refractivity contribution is 7.92. The molecule has 0 aliphatic heterocycles. The Bertz CT molecular complexity index is 699. The van der Waals surface area contributed by atoms with Crippen molar-refractivity contribution < 1.29 is 12.8 Å². The van der Waals surface area contributed by atoms with Crippen LogP contribution in [0.5, 0.6) is 0 Å². The zero-order valence-electron chi connectivity index (χ0n) is 10.1. The van der Waals surface area contributed by atoms with Gasteiger partial charge in [0.25, 0.3) is 10.0 Å². The summed E-state index contributed by atoms with van der Waals surface area (Å²) < 4.78 is 39.8. The van der Waals surface area contributed by atoms with Crippen LogP contribution in [-0.4, -0.2) is 13.4 Å². The van der Waals surface area contributed by atoms with Crippen molar-refractivity contribution in [3.63, 3.8) is 0 Å². The molecular weight excluding hydrogens is 269 g/mol. The van der Waals surface area contributed by atoms with Crippen molar-refractivity contribution in [2.75, 3.05) is 10.5 Å². The van der Waals surface area contributed by atoms with Crippen LogP contribution in [0.25, 0.3) is 0 Å². The second-order valence-corrected chi connectivity index (χ2v) is 5.63. The molecule has 2 aromatic rings. The van der Waals surface area contributed by atoms with E-state index in [1.165, 1.54) is 12.3 Å². The molecule has 2 rings (SSSR count). The molecule has 100 valence electrons. The number of nitrogens with zero attached hydrogens (tertiary/aromatic N) is 1. The number of aromatic nitrogens is 1. The number of nitrogen functional groups attached to an aromatic ring is 1. The van der Waals surface area contributed by atoms with Crippen LogP contribution in [0, 0.1) is 12.7 Å². The first-order chi connectivity index (χ1) is 8.88. The molecule has 0 radical (unpaired) electrons. The van der Waals surface area contributed by atoms with Crippen molar-refractivity contribution in [1.29, 1.82) is 0 Å². The van der Waals surface area contributed by atoms with E-state index in [9.17, 15) is 12.8 Å². The molecule has 0 amide bonds. The topological polar surface area (TPSA) is 85.1 Å².